The second kappa shape index (κ2) is 4.43. The molecule has 0 bridgehead atoms. The van der Waals surface area contributed by atoms with Crippen molar-refractivity contribution in [1.82, 2.24) is 4.90 Å². The predicted octanol–water partition coefficient (Wildman–Crippen LogP) is 2.00. The summed E-state index contributed by atoms with van der Waals surface area (Å²) in [5.41, 5.74) is 0.592. The van der Waals surface area contributed by atoms with E-state index in [9.17, 15) is 0 Å². The lowest BCUT2D eigenvalue weighted by atomic mass is 9.85. The fourth-order valence-corrected chi connectivity index (χ4v) is 1.79. The first-order valence-electron chi connectivity index (χ1n) is 5.30. The third kappa shape index (κ3) is 3.28. The Labute approximate surface area is 82.3 Å². The van der Waals surface area contributed by atoms with Crippen LogP contribution in [0.4, 0.5) is 0 Å². The van der Waals surface area contributed by atoms with Gasteiger partial charge in [-0.3, -0.25) is 0 Å². The monoisotopic (exact) mass is 185 g/mol. The Bertz CT molecular complexity index is 149. The molecule has 0 aromatic carbocycles. The molecule has 0 atom stereocenters. The first-order chi connectivity index (χ1) is 6.04. The molecule has 2 nitrogen and oxygen atoms in total. The largest absolute Gasteiger partial charge is 0.380 e. The van der Waals surface area contributed by atoms with Crippen molar-refractivity contribution < 1.29 is 4.74 Å². The molecule has 2 aliphatic rings. The molecular weight excluding hydrogens is 162 g/mol. The fourth-order valence-electron chi connectivity index (χ4n) is 1.79. The predicted molar refractivity (Wildman–Crippen MR) is 55.9 cm³/mol. The van der Waals surface area contributed by atoms with Gasteiger partial charge >= 0.3 is 0 Å². The van der Waals surface area contributed by atoms with Crippen LogP contribution in [0.25, 0.3) is 0 Å². The Kier molecular flexibility index (Phi) is 3.74. The van der Waals surface area contributed by atoms with Crippen LogP contribution in [0.3, 0.4) is 0 Å². The number of hydrogen-bond donors (Lipinski definition) is 0. The summed E-state index contributed by atoms with van der Waals surface area (Å²) in [5, 5.41) is 0. The quantitative estimate of drug-likeness (QED) is 0.572. The molecule has 0 N–H and O–H groups in total. The lowest BCUT2D eigenvalue weighted by Gasteiger charge is -2.37. The Hall–Kier alpha value is -0.0800. The molecule has 2 saturated heterocycles. The number of ether oxygens (including phenoxy) is 1. The Balaban J connectivity index is 0.000000184. The second-order valence-corrected chi connectivity index (χ2v) is 5.21. The summed E-state index contributed by atoms with van der Waals surface area (Å²) in [7, 11) is 2.19. The van der Waals surface area contributed by atoms with E-state index in [1.54, 1.807) is 0 Å². The maximum absolute atomic E-state index is 5.18. The van der Waals surface area contributed by atoms with E-state index in [-0.39, 0.29) is 0 Å². The molecule has 0 radical (unpaired) electrons. The maximum Gasteiger partial charge on any atom is 0.0557 e. The zero-order valence-electron chi connectivity index (χ0n) is 9.47. The SMILES string of the molecule is CC(C)C.CN1CCC2(COC2)C1. The summed E-state index contributed by atoms with van der Waals surface area (Å²) < 4.78 is 5.18. The smallest absolute Gasteiger partial charge is 0.0557 e. The van der Waals surface area contributed by atoms with Crippen molar-refractivity contribution in [3.05, 3.63) is 0 Å². The lowest BCUT2D eigenvalue weighted by Crippen LogP contribution is -2.44. The van der Waals surface area contributed by atoms with Crippen LogP contribution in [0, 0.1) is 11.3 Å². The average molecular weight is 185 g/mol. The summed E-state index contributed by atoms with van der Waals surface area (Å²) in [6.45, 7) is 11.0. The van der Waals surface area contributed by atoms with E-state index in [1.807, 2.05) is 0 Å². The normalized spacial score (nSPS) is 25.6. The van der Waals surface area contributed by atoms with Gasteiger partial charge in [-0.1, -0.05) is 20.8 Å². The first-order valence-corrected chi connectivity index (χ1v) is 5.30. The molecule has 0 aromatic rings. The van der Waals surface area contributed by atoms with E-state index in [4.69, 9.17) is 4.74 Å². The molecule has 13 heavy (non-hydrogen) atoms. The van der Waals surface area contributed by atoms with E-state index in [0.29, 0.717) is 5.41 Å². The van der Waals surface area contributed by atoms with Gasteiger partial charge in [0.2, 0.25) is 0 Å². The van der Waals surface area contributed by atoms with Gasteiger partial charge in [-0.25, -0.2) is 0 Å². The van der Waals surface area contributed by atoms with Gasteiger partial charge < -0.3 is 9.64 Å². The highest BCUT2D eigenvalue weighted by atomic mass is 16.5. The fraction of sp³-hybridized carbons (Fsp3) is 1.00. The zero-order valence-corrected chi connectivity index (χ0v) is 9.47. The van der Waals surface area contributed by atoms with Crippen molar-refractivity contribution in [2.45, 2.75) is 27.2 Å². The molecule has 1 spiro atoms. The Morgan fingerprint density at radius 1 is 1.23 bits per heavy atom. The van der Waals surface area contributed by atoms with Crippen LogP contribution in [-0.4, -0.2) is 38.3 Å². The molecule has 2 fully saturated rings. The molecule has 0 unspecified atom stereocenters. The zero-order chi connectivity index (χ0) is 9.90. The molecule has 2 heterocycles. The highest BCUT2D eigenvalue weighted by Gasteiger charge is 2.42. The number of rotatable bonds is 0. The van der Waals surface area contributed by atoms with Crippen LogP contribution in [0.2, 0.25) is 0 Å². The third-order valence-corrected chi connectivity index (χ3v) is 2.45. The standard InChI is InChI=1S/C7H13NO.C4H10/c1-8-3-2-7(4-8)5-9-6-7;1-4(2)3/h2-6H2,1H3;4H,1-3H3. The summed E-state index contributed by atoms with van der Waals surface area (Å²) >= 11 is 0. The summed E-state index contributed by atoms with van der Waals surface area (Å²) in [6.07, 6.45) is 1.35. The Morgan fingerprint density at radius 3 is 1.92 bits per heavy atom. The van der Waals surface area contributed by atoms with Crippen molar-refractivity contribution in [2.75, 3.05) is 33.4 Å². The molecule has 0 saturated carbocycles. The van der Waals surface area contributed by atoms with E-state index in [2.05, 4.69) is 32.7 Å². The van der Waals surface area contributed by atoms with Gasteiger partial charge in [0.1, 0.15) is 0 Å². The summed E-state index contributed by atoms with van der Waals surface area (Å²) in [5.74, 6) is 0.833. The molecular formula is C11H23NO. The van der Waals surface area contributed by atoms with Crippen LogP contribution < -0.4 is 0 Å². The van der Waals surface area contributed by atoms with Crippen molar-refractivity contribution in [1.29, 1.82) is 0 Å². The first kappa shape index (κ1) is 11.0. The number of nitrogens with zero attached hydrogens (tertiary/aromatic N) is 1. The van der Waals surface area contributed by atoms with Crippen molar-refractivity contribution in [3.63, 3.8) is 0 Å². The number of likely N-dealkylation sites (tertiary alicyclic amines) is 1. The topological polar surface area (TPSA) is 12.5 Å². The number of hydrogen-bond acceptors (Lipinski definition) is 2. The Morgan fingerprint density at radius 2 is 1.77 bits per heavy atom. The van der Waals surface area contributed by atoms with Crippen LogP contribution >= 0.6 is 0 Å². The summed E-state index contributed by atoms with van der Waals surface area (Å²) in [6, 6.07) is 0. The molecule has 0 aromatic heterocycles. The molecule has 2 heteroatoms. The highest BCUT2D eigenvalue weighted by Crippen LogP contribution is 2.36. The molecule has 2 rings (SSSR count). The van der Waals surface area contributed by atoms with E-state index in [0.717, 1.165) is 19.1 Å². The summed E-state index contributed by atoms with van der Waals surface area (Å²) in [4.78, 5) is 2.39. The van der Waals surface area contributed by atoms with Gasteiger partial charge in [0.25, 0.3) is 0 Å². The van der Waals surface area contributed by atoms with Gasteiger partial charge in [-0.15, -0.1) is 0 Å². The minimum atomic E-state index is 0.592. The van der Waals surface area contributed by atoms with Gasteiger partial charge in [-0.05, 0) is 25.9 Å². The van der Waals surface area contributed by atoms with E-state index in [1.165, 1.54) is 19.5 Å². The van der Waals surface area contributed by atoms with Crippen molar-refractivity contribution in [2.24, 2.45) is 11.3 Å². The van der Waals surface area contributed by atoms with Crippen LogP contribution in [-0.2, 0) is 4.74 Å². The van der Waals surface area contributed by atoms with Crippen molar-refractivity contribution >= 4 is 0 Å². The van der Waals surface area contributed by atoms with Crippen molar-refractivity contribution in [3.8, 4) is 0 Å². The molecule has 0 aliphatic carbocycles. The lowest BCUT2D eigenvalue weighted by molar-refractivity contribution is -0.104. The molecule has 2 aliphatic heterocycles. The molecule has 0 amide bonds. The third-order valence-electron chi connectivity index (χ3n) is 2.45. The van der Waals surface area contributed by atoms with Crippen LogP contribution in [0.15, 0.2) is 0 Å². The van der Waals surface area contributed by atoms with Crippen LogP contribution in [0.1, 0.15) is 27.2 Å². The van der Waals surface area contributed by atoms with Gasteiger partial charge in [0.05, 0.1) is 13.2 Å². The average Bonchev–Trinajstić information content (AvgIpc) is 2.29. The van der Waals surface area contributed by atoms with Gasteiger partial charge in [0, 0.05) is 12.0 Å². The second-order valence-electron chi connectivity index (χ2n) is 5.21. The maximum atomic E-state index is 5.18. The highest BCUT2D eigenvalue weighted by molar-refractivity contribution is 4.93. The minimum Gasteiger partial charge on any atom is -0.380 e. The van der Waals surface area contributed by atoms with Gasteiger partial charge in [0.15, 0.2) is 0 Å². The van der Waals surface area contributed by atoms with E-state index >= 15 is 0 Å². The van der Waals surface area contributed by atoms with E-state index < -0.39 is 0 Å². The van der Waals surface area contributed by atoms with Crippen LogP contribution in [0.5, 0.6) is 0 Å². The van der Waals surface area contributed by atoms with Gasteiger partial charge in [-0.2, -0.15) is 0 Å². The minimum absolute atomic E-state index is 0.592. The molecule has 78 valence electrons.